The molecule has 2 N–H and O–H groups in total. The van der Waals surface area contributed by atoms with Gasteiger partial charge in [0.2, 0.25) is 5.69 Å². The van der Waals surface area contributed by atoms with Crippen LogP contribution in [-0.4, -0.2) is 52.1 Å². The van der Waals surface area contributed by atoms with E-state index >= 15 is 0 Å². The number of hydrogen-bond donors (Lipinski definition) is 2. The van der Waals surface area contributed by atoms with Crippen molar-refractivity contribution in [2.24, 2.45) is 0 Å². The van der Waals surface area contributed by atoms with E-state index in [1.165, 1.54) is 46.0 Å². The molecule has 0 bridgehead atoms. The zero-order valence-corrected chi connectivity index (χ0v) is 16.8. The van der Waals surface area contributed by atoms with Gasteiger partial charge >= 0.3 is 17.9 Å². The predicted octanol–water partition coefficient (Wildman–Crippen LogP) is 2.76. The minimum atomic E-state index is -4.78. The molecule has 7 nitrogen and oxygen atoms in total. The lowest BCUT2D eigenvalue weighted by atomic mass is 10.1. The number of nitrogens with zero attached hydrogens (tertiary/aromatic N) is 3. The molecular weight excluding hydrogens is 430 g/mol. The number of piperidine rings is 1. The van der Waals surface area contributed by atoms with Crippen LogP contribution in [0.4, 0.5) is 17.6 Å². The normalized spacial score (nSPS) is 16.2. The Morgan fingerprint density at radius 2 is 1.88 bits per heavy atom. The molecule has 168 valence electrons. The van der Waals surface area contributed by atoms with Gasteiger partial charge in [-0.1, -0.05) is 12.1 Å². The van der Waals surface area contributed by atoms with Crippen LogP contribution in [0.5, 0.6) is 0 Å². The van der Waals surface area contributed by atoms with Crippen LogP contribution in [0.25, 0.3) is 5.52 Å². The van der Waals surface area contributed by atoms with Crippen LogP contribution in [0, 0.1) is 0 Å². The highest BCUT2D eigenvalue weighted by Gasteiger charge is 2.44. The Labute approximate surface area is 180 Å². The first-order chi connectivity index (χ1) is 15.3. The van der Waals surface area contributed by atoms with Gasteiger partial charge in [0, 0.05) is 19.3 Å². The number of nitrogens with one attached hydrogen (secondary N) is 2. The molecule has 1 aliphatic rings. The summed E-state index contributed by atoms with van der Waals surface area (Å²) in [6.45, 7) is 0.427. The van der Waals surface area contributed by atoms with Crippen LogP contribution in [0.3, 0.4) is 0 Å². The van der Waals surface area contributed by atoms with Crippen molar-refractivity contribution >= 4 is 17.3 Å². The van der Waals surface area contributed by atoms with E-state index in [1.807, 2.05) is 5.32 Å². The van der Waals surface area contributed by atoms with Crippen molar-refractivity contribution in [3.8, 4) is 0 Å². The average molecular weight is 450 g/mol. The largest absolute Gasteiger partial charge is 0.414 e. The highest BCUT2D eigenvalue weighted by molar-refractivity contribution is 6.00. The van der Waals surface area contributed by atoms with Crippen LogP contribution in [0.1, 0.15) is 45.7 Å². The summed E-state index contributed by atoms with van der Waals surface area (Å²) in [4.78, 5) is 33.7. The predicted molar refractivity (Wildman–Crippen MR) is 104 cm³/mol. The number of amides is 2. The SMILES string of the molecule is O=C(NC(c1ccccn1)C(F)(F)F)c1[nH]c(C(=O)N2CCC(F)CC2)[n+]2ccccc12. The van der Waals surface area contributed by atoms with Crippen molar-refractivity contribution < 1.29 is 31.6 Å². The van der Waals surface area contributed by atoms with Gasteiger partial charge < -0.3 is 10.2 Å². The van der Waals surface area contributed by atoms with Crippen LogP contribution in [0.15, 0.2) is 48.8 Å². The Bertz CT molecular complexity index is 1120. The number of aromatic amines is 1. The van der Waals surface area contributed by atoms with Crippen molar-refractivity contribution in [2.45, 2.75) is 31.2 Å². The molecule has 32 heavy (non-hydrogen) atoms. The summed E-state index contributed by atoms with van der Waals surface area (Å²) in [6.07, 6.45) is -2.61. The zero-order valence-electron chi connectivity index (χ0n) is 16.8. The second kappa shape index (κ2) is 8.56. The number of rotatable bonds is 4. The molecule has 1 fully saturated rings. The average Bonchev–Trinajstić information content (AvgIpc) is 3.17. The Morgan fingerprint density at radius 1 is 1.16 bits per heavy atom. The van der Waals surface area contributed by atoms with Crippen molar-refractivity contribution in [3.05, 3.63) is 66.0 Å². The van der Waals surface area contributed by atoms with Crippen LogP contribution >= 0.6 is 0 Å². The van der Waals surface area contributed by atoms with Gasteiger partial charge in [0.1, 0.15) is 6.17 Å². The van der Waals surface area contributed by atoms with Crippen LogP contribution in [-0.2, 0) is 0 Å². The highest BCUT2D eigenvalue weighted by atomic mass is 19.4. The third-order valence-corrected chi connectivity index (χ3v) is 5.33. The number of alkyl halides is 4. The minimum Gasteiger partial charge on any atom is -0.332 e. The van der Waals surface area contributed by atoms with E-state index in [4.69, 9.17) is 0 Å². The topological polar surface area (TPSA) is 82.2 Å². The second-order valence-corrected chi connectivity index (χ2v) is 7.47. The molecule has 1 atom stereocenters. The van der Waals surface area contributed by atoms with E-state index < -0.39 is 30.2 Å². The maximum Gasteiger partial charge on any atom is 0.414 e. The molecule has 0 aromatic carbocycles. The number of pyridine rings is 2. The molecule has 3 aromatic rings. The molecule has 0 aliphatic carbocycles. The number of hydrogen-bond acceptors (Lipinski definition) is 3. The van der Waals surface area contributed by atoms with Gasteiger partial charge in [0.05, 0.1) is 11.9 Å². The quantitative estimate of drug-likeness (QED) is 0.474. The number of fused-ring (bicyclic) bond motifs is 1. The van der Waals surface area contributed by atoms with E-state index in [0.717, 1.165) is 0 Å². The number of halogens is 4. The lowest BCUT2D eigenvalue weighted by Gasteiger charge is -2.26. The number of imidazole rings is 1. The van der Waals surface area contributed by atoms with E-state index in [-0.39, 0.29) is 48.7 Å². The van der Waals surface area contributed by atoms with Crippen LogP contribution < -0.4 is 9.72 Å². The maximum atomic E-state index is 13.6. The zero-order chi connectivity index (χ0) is 22.9. The van der Waals surface area contributed by atoms with Crippen molar-refractivity contribution in [3.63, 3.8) is 0 Å². The van der Waals surface area contributed by atoms with Crippen molar-refractivity contribution in [2.75, 3.05) is 13.1 Å². The number of H-pyrrole nitrogens is 1. The number of aromatic nitrogens is 3. The van der Waals surface area contributed by atoms with E-state index in [2.05, 4.69) is 9.97 Å². The number of likely N-dealkylation sites (tertiary alicyclic amines) is 1. The van der Waals surface area contributed by atoms with E-state index in [1.54, 1.807) is 12.1 Å². The smallest absolute Gasteiger partial charge is 0.332 e. The molecule has 0 radical (unpaired) electrons. The summed E-state index contributed by atoms with van der Waals surface area (Å²) in [5.74, 6) is -1.50. The van der Waals surface area contributed by atoms with Gasteiger partial charge in [-0.2, -0.15) is 17.6 Å². The summed E-state index contributed by atoms with van der Waals surface area (Å²) in [7, 11) is 0. The monoisotopic (exact) mass is 450 g/mol. The fourth-order valence-corrected chi connectivity index (χ4v) is 3.69. The molecule has 4 heterocycles. The second-order valence-electron chi connectivity index (χ2n) is 7.47. The van der Waals surface area contributed by atoms with E-state index in [9.17, 15) is 27.2 Å². The first-order valence-corrected chi connectivity index (χ1v) is 10.00. The first-order valence-electron chi connectivity index (χ1n) is 10.00. The van der Waals surface area contributed by atoms with Crippen molar-refractivity contribution in [1.82, 2.24) is 20.2 Å². The molecule has 1 aliphatic heterocycles. The standard InChI is InChI=1S/C21H19F4N5O2/c22-13-7-11-29(12-8-13)20(32)18-27-16(15-6-2-4-10-30(15)18)19(31)28-17(21(23,24)25)14-5-1-3-9-26-14/h1-6,9-10,13,17H,7-8,11-12H2,(H,28,31)/p+1. The first kappa shape index (κ1) is 21.7. The minimum absolute atomic E-state index is 0.00412. The molecule has 1 unspecified atom stereocenters. The highest BCUT2D eigenvalue weighted by Crippen LogP contribution is 2.32. The summed E-state index contributed by atoms with van der Waals surface area (Å²) < 4.78 is 55.8. The fourth-order valence-electron chi connectivity index (χ4n) is 3.69. The molecule has 1 saturated heterocycles. The fraction of sp³-hybridized carbons (Fsp3) is 0.333. The van der Waals surface area contributed by atoms with Crippen LogP contribution in [0.2, 0.25) is 0 Å². The molecular formula is C21H20F4N5O2+. The van der Waals surface area contributed by atoms with Gasteiger partial charge in [-0.05, 0) is 37.1 Å². The molecule has 2 amide bonds. The van der Waals surface area contributed by atoms with Crippen molar-refractivity contribution in [1.29, 1.82) is 0 Å². The summed E-state index contributed by atoms with van der Waals surface area (Å²) in [5.41, 5.74) is -0.322. The third-order valence-electron chi connectivity index (χ3n) is 5.33. The number of carbonyl (C=O) groups is 2. The Balaban J connectivity index is 1.67. The Kier molecular flexibility index (Phi) is 5.81. The van der Waals surface area contributed by atoms with Gasteiger partial charge in [-0.15, -0.1) is 0 Å². The number of carbonyl (C=O) groups excluding carboxylic acids is 2. The van der Waals surface area contributed by atoms with Gasteiger partial charge in [-0.25, -0.2) is 9.37 Å². The third kappa shape index (κ3) is 4.27. The van der Waals surface area contributed by atoms with E-state index in [0.29, 0.717) is 0 Å². The van der Waals surface area contributed by atoms with Gasteiger partial charge in [-0.3, -0.25) is 14.6 Å². The molecule has 11 heteroatoms. The van der Waals surface area contributed by atoms with Gasteiger partial charge in [0.15, 0.2) is 11.6 Å². The summed E-state index contributed by atoms with van der Waals surface area (Å²) in [5, 5.41) is 1.97. The lowest BCUT2D eigenvalue weighted by Crippen LogP contribution is -2.43. The molecule has 0 saturated carbocycles. The summed E-state index contributed by atoms with van der Waals surface area (Å²) in [6, 6.07) is 6.44. The Hall–Kier alpha value is -3.50. The summed E-state index contributed by atoms with van der Waals surface area (Å²) >= 11 is 0. The Morgan fingerprint density at radius 3 is 2.53 bits per heavy atom. The molecule has 4 rings (SSSR count). The molecule has 3 aromatic heterocycles. The lowest BCUT2D eigenvalue weighted by molar-refractivity contribution is -0.514. The van der Waals surface area contributed by atoms with Gasteiger partial charge in [0.25, 0.3) is 5.91 Å². The molecule has 0 spiro atoms. The maximum absolute atomic E-state index is 13.6.